The second kappa shape index (κ2) is 27.2. The first-order chi connectivity index (χ1) is 46.8. The number of hydrogen-bond acceptors (Lipinski definition) is 18. The zero-order chi connectivity index (χ0) is 68.8. The van der Waals surface area contributed by atoms with Crippen molar-refractivity contribution in [1.82, 2.24) is 0 Å². The molecule has 4 saturated heterocycles. The molecule has 14 rings (SSSR count). The molecule has 0 N–H and O–H groups in total. The van der Waals surface area contributed by atoms with Crippen molar-refractivity contribution in [1.29, 1.82) is 0 Å². The first-order valence-corrected chi connectivity index (χ1v) is 34.0. The SMILES string of the molecule is C/C(=C\COc1ccc2c(c1)OC1(C=C2)OC(CC/C(C)=C/COc2c3ccoc3cc3oc(=O)ccc23)C(C)(C)O1)CCC1OC1(C)C.C/C(=C\COc1ccc2c(c1)OC1(C=C2)OC(CC/C(C)=C/COc2c3ccoc3cc3oc(=O)ccc23)C(C)(C)O1)CCC1OC1(C)C. The van der Waals surface area contributed by atoms with Crippen molar-refractivity contribution in [2.45, 2.75) is 193 Å². The zero-order valence-corrected chi connectivity index (χ0v) is 58.0. The number of benzene rings is 4. The quantitative estimate of drug-likeness (QED) is 0.0313. The number of ether oxygens (including phenoxy) is 12. The molecule has 18 nitrogen and oxygen atoms in total. The third-order valence-electron chi connectivity index (χ3n) is 19.2. The average molecular weight is 1340 g/mol. The third kappa shape index (κ3) is 15.5. The predicted octanol–water partition coefficient (Wildman–Crippen LogP) is 17.8. The lowest BCUT2D eigenvalue weighted by atomic mass is 9.96. The number of epoxide rings is 2. The zero-order valence-electron chi connectivity index (χ0n) is 58.0. The maximum absolute atomic E-state index is 11.8. The van der Waals surface area contributed by atoms with Crippen LogP contribution >= 0.6 is 0 Å². The van der Waals surface area contributed by atoms with E-state index in [4.69, 9.17) is 74.5 Å². The van der Waals surface area contributed by atoms with Gasteiger partial charge < -0.3 is 74.5 Å². The van der Waals surface area contributed by atoms with E-state index in [-0.39, 0.29) is 23.4 Å². The molecule has 10 heterocycles. The first kappa shape index (κ1) is 67.9. The molecule has 4 aromatic carbocycles. The van der Waals surface area contributed by atoms with Crippen molar-refractivity contribution >= 4 is 56.0 Å². The summed E-state index contributed by atoms with van der Waals surface area (Å²) in [5, 5.41) is 3.08. The minimum Gasteiger partial charge on any atom is -0.489 e. The number of fused-ring (bicyclic) bond motifs is 6. The number of hydrogen-bond donors (Lipinski definition) is 0. The van der Waals surface area contributed by atoms with Gasteiger partial charge in [-0.2, -0.15) is 0 Å². The molecule has 6 unspecified atom stereocenters. The van der Waals surface area contributed by atoms with Crippen LogP contribution in [0.15, 0.2) is 183 Å². The summed E-state index contributed by atoms with van der Waals surface area (Å²) in [5.41, 5.74) is 6.82. The van der Waals surface area contributed by atoms with Crippen LogP contribution in [-0.4, -0.2) is 85.2 Å². The van der Waals surface area contributed by atoms with Crippen LogP contribution in [-0.2, 0) is 28.4 Å². The molecule has 98 heavy (non-hydrogen) atoms. The normalized spacial score (nSPS) is 24.0. The Morgan fingerprint density at radius 1 is 0.408 bits per heavy atom. The van der Waals surface area contributed by atoms with E-state index < -0.39 is 34.4 Å². The molecule has 0 aliphatic carbocycles. The van der Waals surface area contributed by atoms with E-state index in [1.165, 1.54) is 23.3 Å². The summed E-state index contributed by atoms with van der Waals surface area (Å²) in [6.45, 7) is 26.7. The van der Waals surface area contributed by atoms with Crippen molar-refractivity contribution < 1.29 is 74.5 Å². The Bertz CT molecular complexity index is 4310. The predicted molar refractivity (Wildman–Crippen MR) is 374 cm³/mol. The molecule has 4 aromatic heterocycles. The molecule has 0 bridgehead atoms. The van der Waals surface area contributed by atoms with Gasteiger partial charge in [-0.25, -0.2) is 9.59 Å². The van der Waals surface area contributed by atoms with Gasteiger partial charge in [0.05, 0.1) is 80.9 Å². The summed E-state index contributed by atoms with van der Waals surface area (Å²) in [6, 6.07) is 25.0. The van der Waals surface area contributed by atoms with E-state index in [1.54, 1.807) is 36.8 Å². The lowest BCUT2D eigenvalue weighted by Gasteiger charge is -2.30. The lowest BCUT2D eigenvalue weighted by Crippen LogP contribution is -2.38. The molecule has 6 atom stereocenters. The molecule has 2 spiro atoms. The maximum Gasteiger partial charge on any atom is 0.350 e. The topological polar surface area (TPSA) is 204 Å². The molecule has 6 aliphatic heterocycles. The van der Waals surface area contributed by atoms with Gasteiger partial charge in [0, 0.05) is 59.7 Å². The lowest BCUT2D eigenvalue weighted by molar-refractivity contribution is -0.271. The Morgan fingerprint density at radius 3 is 1.12 bits per heavy atom. The molecular weight excluding hydrogens is 1250 g/mol. The second-order valence-corrected chi connectivity index (χ2v) is 28.5. The first-order valence-electron chi connectivity index (χ1n) is 34.0. The average Bonchev–Trinajstić information content (AvgIpc) is 1.57. The van der Waals surface area contributed by atoms with Gasteiger partial charge in [0.2, 0.25) is 0 Å². The third-order valence-corrected chi connectivity index (χ3v) is 19.2. The highest BCUT2D eigenvalue weighted by Crippen LogP contribution is 2.48. The van der Waals surface area contributed by atoms with E-state index in [2.05, 4.69) is 79.7 Å². The van der Waals surface area contributed by atoms with Crippen molar-refractivity contribution in [2.75, 3.05) is 26.4 Å². The molecular formula is C80H88O18. The number of allylic oxidation sites excluding steroid dienone is 4. The summed E-state index contributed by atoms with van der Waals surface area (Å²) >= 11 is 0. The van der Waals surface area contributed by atoms with Gasteiger partial charge >= 0.3 is 23.2 Å². The largest absolute Gasteiger partial charge is 0.489 e. The standard InChI is InChI=1S/2C40H44O9/c2*1-25(7-12-34-38(3,4)47-34)16-20-42-28-10-9-27-15-19-40(46-31(27)23-28)48-35(39(5,6)49-40)13-8-26(2)17-21-44-37-29-11-14-36(41)45-33(29)24-32-30(37)18-22-43-32/h2*9-11,14-19,22-24,34-35H,7-8,12-13,20-21H2,1-6H3/b2*25-16+,26-17+. The van der Waals surface area contributed by atoms with E-state index in [0.717, 1.165) is 107 Å². The Morgan fingerprint density at radius 2 is 0.755 bits per heavy atom. The van der Waals surface area contributed by atoms with Crippen LogP contribution in [0, 0.1) is 0 Å². The van der Waals surface area contributed by atoms with Crippen LogP contribution in [0.3, 0.4) is 0 Å². The van der Waals surface area contributed by atoms with E-state index in [9.17, 15) is 9.59 Å². The molecule has 0 saturated carbocycles. The van der Waals surface area contributed by atoms with Gasteiger partial charge in [0.1, 0.15) is 83.3 Å². The monoisotopic (exact) mass is 1340 g/mol. The fourth-order valence-corrected chi connectivity index (χ4v) is 13.0. The van der Waals surface area contributed by atoms with Crippen LogP contribution in [0.25, 0.3) is 56.0 Å². The molecule has 4 fully saturated rings. The molecule has 0 amide bonds. The van der Waals surface area contributed by atoms with Crippen molar-refractivity contribution in [3.63, 3.8) is 0 Å². The fraction of sp³-hybridized carbons (Fsp3) is 0.425. The van der Waals surface area contributed by atoms with Crippen molar-refractivity contribution in [2.24, 2.45) is 0 Å². The molecule has 6 aliphatic rings. The summed E-state index contributed by atoms with van der Waals surface area (Å²) in [5.74, 6) is 1.36. The van der Waals surface area contributed by atoms with Crippen LogP contribution in [0.1, 0.15) is 146 Å². The van der Waals surface area contributed by atoms with Gasteiger partial charge in [-0.05, 0) is 219 Å². The van der Waals surface area contributed by atoms with E-state index in [0.29, 0.717) is 84.0 Å². The molecule has 0 radical (unpaired) electrons. The highest BCUT2D eigenvalue weighted by molar-refractivity contribution is 6.02. The highest BCUT2D eigenvalue weighted by atomic mass is 16.9. The summed E-state index contributed by atoms with van der Waals surface area (Å²) < 4.78 is 96.5. The van der Waals surface area contributed by atoms with Crippen LogP contribution in [0.5, 0.6) is 34.5 Å². The van der Waals surface area contributed by atoms with Gasteiger partial charge in [-0.1, -0.05) is 22.3 Å². The minimum atomic E-state index is -1.31. The highest BCUT2D eigenvalue weighted by Gasteiger charge is 2.55. The minimum absolute atomic E-state index is 0.0251. The Balaban J connectivity index is 0.000000176. The van der Waals surface area contributed by atoms with Crippen LogP contribution < -0.4 is 39.7 Å². The summed E-state index contributed by atoms with van der Waals surface area (Å²) in [6.07, 6.45) is 26.5. The Labute approximate surface area is 570 Å². The van der Waals surface area contributed by atoms with E-state index in [1.807, 2.05) is 101 Å². The second-order valence-electron chi connectivity index (χ2n) is 28.5. The fourth-order valence-electron chi connectivity index (χ4n) is 13.0. The summed E-state index contributed by atoms with van der Waals surface area (Å²) in [4.78, 5) is 23.6. The number of furan rings is 2. The van der Waals surface area contributed by atoms with Gasteiger partial charge in [-0.15, -0.1) is 0 Å². The van der Waals surface area contributed by atoms with E-state index >= 15 is 0 Å². The van der Waals surface area contributed by atoms with Crippen LogP contribution in [0.2, 0.25) is 0 Å². The maximum atomic E-state index is 11.8. The Hall–Kier alpha value is -8.62. The smallest absolute Gasteiger partial charge is 0.350 e. The van der Waals surface area contributed by atoms with Gasteiger partial charge in [-0.3, -0.25) is 0 Å². The van der Waals surface area contributed by atoms with Crippen molar-refractivity contribution in [3.05, 3.63) is 188 Å². The molecule has 516 valence electrons. The van der Waals surface area contributed by atoms with Crippen molar-refractivity contribution in [3.8, 4) is 34.5 Å². The Kier molecular flexibility index (Phi) is 18.9. The summed E-state index contributed by atoms with van der Waals surface area (Å²) in [7, 11) is 0. The molecule has 18 heteroatoms. The van der Waals surface area contributed by atoms with Gasteiger partial charge in [0.15, 0.2) is 0 Å². The van der Waals surface area contributed by atoms with Gasteiger partial charge in [0.25, 0.3) is 0 Å². The molecule has 8 aromatic rings. The number of rotatable bonds is 24. The van der Waals surface area contributed by atoms with Crippen LogP contribution in [0.4, 0.5) is 0 Å².